The molecular weight excluding hydrogens is 358 g/mol. The average Bonchev–Trinajstić information content (AvgIpc) is 3.45. The van der Waals surface area contributed by atoms with E-state index in [-0.39, 0.29) is 12.3 Å². The van der Waals surface area contributed by atoms with Gasteiger partial charge in [0.25, 0.3) is 0 Å². The van der Waals surface area contributed by atoms with Crippen LogP contribution >= 0.6 is 0 Å². The molecule has 0 spiro atoms. The lowest BCUT2D eigenvalue weighted by atomic mass is 10.1. The first-order valence-corrected chi connectivity index (χ1v) is 9.07. The molecule has 28 heavy (non-hydrogen) atoms. The summed E-state index contributed by atoms with van der Waals surface area (Å²) >= 11 is 0. The maximum Gasteiger partial charge on any atom is 0.228 e. The lowest BCUT2D eigenvalue weighted by Gasteiger charge is -2.10. The molecule has 1 N–H and O–H groups in total. The molecule has 0 bridgehead atoms. The van der Waals surface area contributed by atoms with Gasteiger partial charge in [0.15, 0.2) is 17.3 Å². The lowest BCUT2D eigenvalue weighted by molar-refractivity contribution is -0.115. The highest BCUT2D eigenvalue weighted by molar-refractivity contribution is 5.92. The van der Waals surface area contributed by atoms with Crippen molar-refractivity contribution < 1.29 is 14.3 Å². The number of rotatable bonds is 7. The Bertz CT molecular complexity index is 980. The quantitative estimate of drug-likeness (QED) is 0.679. The molecular formula is C20H21N5O3. The Labute approximate surface area is 162 Å². The molecule has 144 valence electrons. The van der Waals surface area contributed by atoms with E-state index >= 15 is 0 Å². The largest absolute Gasteiger partial charge is 0.493 e. The fourth-order valence-electron chi connectivity index (χ4n) is 3.03. The molecule has 0 aliphatic heterocycles. The van der Waals surface area contributed by atoms with Gasteiger partial charge in [0.2, 0.25) is 5.91 Å². The monoisotopic (exact) mass is 379 g/mol. The Morgan fingerprint density at radius 3 is 2.54 bits per heavy atom. The van der Waals surface area contributed by atoms with Gasteiger partial charge in [-0.1, -0.05) is 6.07 Å². The number of amides is 1. The topological polar surface area (TPSA) is 91.2 Å². The standard InChI is InChI=1S/C20H21N5O3/c1-27-17-10-3-13(11-18(17)28-2)12-19(26)21-15-6-4-14(5-7-15)20-22-23-24-25(20)16-8-9-16/h3-7,10-11,16H,8-9,12H2,1-2H3,(H,21,26). The van der Waals surface area contributed by atoms with Crippen LogP contribution in [0.25, 0.3) is 11.4 Å². The molecule has 0 unspecified atom stereocenters. The Kier molecular flexibility index (Phi) is 4.92. The Balaban J connectivity index is 1.41. The second kappa shape index (κ2) is 7.67. The van der Waals surface area contributed by atoms with Gasteiger partial charge >= 0.3 is 0 Å². The number of methoxy groups -OCH3 is 2. The first-order chi connectivity index (χ1) is 13.7. The molecule has 8 heteroatoms. The molecule has 2 aromatic carbocycles. The summed E-state index contributed by atoms with van der Waals surface area (Å²) < 4.78 is 12.4. The number of aromatic nitrogens is 4. The van der Waals surface area contributed by atoms with E-state index in [9.17, 15) is 4.79 Å². The zero-order valence-electron chi connectivity index (χ0n) is 15.8. The van der Waals surface area contributed by atoms with E-state index in [1.54, 1.807) is 26.4 Å². The molecule has 4 rings (SSSR count). The summed E-state index contributed by atoms with van der Waals surface area (Å²) in [7, 11) is 3.15. The maximum absolute atomic E-state index is 12.4. The minimum Gasteiger partial charge on any atom is -0.493 e. The van der Waals surface area contributed by atoms with Crippen molar-refractivity contribution in [2.45, 2.75) is 25.3 Å². The van der Waals surface area contributed by atoms with Crippen LogP contribution < -0.4 is 14.8 Å². The number of hydrogen-bond acceptors (Lipinski definition) is 6. The van der Waals surface area contributed by atoms with Crippen molar-refractivity contribution in [1.29, 1.82) is 0 Å². The van der Waals surface area contributed by atoms with Crippen molar-refractivity contribution in [2.24, 2.45) is 0 Å². The zero-order chi connectivity index (χ0) is 19.5. The van der Waals surface area contributed by atoms with Gasteiger partial charge in [-0.15, -0.1) is 5.10 Å². The molecule has 1 amide bonds. The molecule has 0 saturated heterocycles. The molecule has 0 atom stereocenters. The van der Waals surface area contributed by atoms with E-state index in [1.807, 2.05) is 35.0 Å². The Morgan fingerprint density at radius 2 is 1.86 bits per heavy atom. The highest BCUT2D eigenvalue weighted by atomic mass is 16.5. The third-order valence-corrected chi connectivity index (χ3v) is 4.63. The second-order valence-corrected chi connectivity index (χ2v) is 6.67. The first-order valence-electron chi connectivity index (χ1n) is 9.07. The fraction of sp³-hybridized carbons (Fsp3) is 0.300. The van der Waals surface area contributed by atoms with Crippen LogP contribution in [0.3, 0.4) is 0 Å². The van der Waals surface area contributed by atoms with E-state index in [0.717, 1.165) is 35.5 Å². The van der Waals surface area contributed by atoms with Gasteiger partial charge < -0.3 is 14.8 Å². The third kappa shape index (κ3) is 3.80. The number of ether oxygens (including phenoxy) is 2. The van der Waals surface area contributed by atoms with E-state index in [0.29, 0.717) is 17.5 Å². The normalized spacial score (nSPS) is 13.2. The van der Waals surface area contributed by atoms with E-state index in [1.165, 1.54) is 0 Å². The SMILES string of the molecule is COc1ccc(CC(=O)Nc2ccc(-c3nnnn3C3CC3)cc2)cc1OC. The molecule has 8 nitrogen and oxygen atoms in total. The van der Waals surface area contributed by atoms with Gasteiger partial charge in [-0.25, -0.2) is 4.68 Å². The van der Waals surface area contributed by atoms with Crippen molar-refractivity contribution in [3.63, 3.8) is 0 Å². The lowest BCUT2D eigenvalue weighted by Crippen LogP contribution is -2.14. The summed E-state index contributed by atoms with van der Waals surface area (Å²) in [6, 6.07) is 13.4. The van der Waals surface area contributed by atoms with Gasteiger partial charge in [-0.3, -0.25) is 4.79 Å². The van der Waals surface area contributed by atoms with E-state index < -0.39 is 0 Å². The number of tetrazole rings is 1. The van der Waals surface area contributed by atoms with Crippen molar-refractivity contribution >= 4 is 11.6 Å². The minimum atomic E-state index is -0.109. The van der Waals surface area contributed by atoms with Crippen LogP contribution in [0, 0.1) is 0 Å². The second-order valence-electron chi connectivity index (χ2n) is 6.67. The summed E-state index contributed by atoms with van der Waals surface area (Å²) in [4.78, 5) is 12.4. The van der Waals surface area contributed by atoms with E-state index in [4.69, 9.17) is 9.47 Å². The van der Waals surface area contributed by atoms with E-state index in [2.05, 4.69) is 20.8 Å². The molecule has 1 saturated carbocycles. The smallest absolute Gasteiger partial charge is 0.228 e. The Morgan fingerprint density at radius 1 is 1.11 bits per heavy atom. The Hall–Kier alpha value is -3.42. The predicted molar refractivity (Wildman–Crippen MR) is 103 cm³/mol. The number of benzene rings is 2. The summed E-state index contributed by atoms with van der Waals surface area (Å²) in [5.74, 6) is 1.88. The highest BCUT2D eigenvalue weighted by Crippen LogP contribution is 2.36. The summed E-state index contributed by atoms with van der Waals surface area (Å²) in [6.45, 7) is 0. The molecule has 1 aromatic heterocycles. The predicted octanol–water partition coefficient (Wildman–Crippen LogP) is 2.87. The van der Waals surface area contributed by atoms with Gasteiger partial charge in [-0.05, 0) is 65.2 Å². The number of carbonyl (C=O) groups is 1. The molecule has 3 aromatic rings. The van der Waals surface area contributed by atoms with Gasteiger partial charge in [0, 0.05) is 11.3 Å². The van der Waals surface area contributed by atoms with Gasteiger partial charge in [0.1, 0.15) is 0 Å². The molecule has 1 fully saturated rings. The first kappa shape index (κ1) is 18.0. The molecule has 1 heterocycles. The van der Waals surface area contributed by atoms with Crippen LogP contribution in [0.15, 0.2) is 42.5 Å². The van der Waals surface area contributed by atoms with Crippen molar-refractivity contribution in [3.05, 3.63) is 48.0 Å². The van der Waals surface area contributed by atoms with Crippen LogP contribution in [0.1, 0.15) is 24.4 Å². The van der Waals surface area contributed by atoms with Crippen LogP contribution in [0.5, 0.6) is 11.5 Å². The highest BCUT2D eigenvalue weighted by Gasteiger charge is 2.28. The van der Waals surface area contributed by atoms with Crippen molar-refractivity contribution in [2.75, 3.05) is 19.5 Å². The minimum absolute atomic E-state index is 0.109. The van der Waals surface area contributed by atoms with Gasteiger partial charge in [-0.2, -0.15) is 0 Å². The van der Waals surface area contributed by atoms with Crippen molar-refractivity contribution in [3.8, 4) is 22.9 Å². The maximum atomic E-state index is 12.4. The van der Waals surface area contributed by atoms with Crippen molar-refractivity contribution in [1.82, 2.24) is 20.2 Å². The number of anilines is 1. The van der Waals surface area contributed by atoms with Gasteiger partial charge in [0.05, 0.1) is 26.7 Å². The number of nitrogens with zero attached hydrogens (tertiary/aromatic N) is 4. The summed E-state index contributed by atoms with van der Waals surface area (Å²) in [6.07, 6.45) is 2.46. The summed E-state index contributed by atoms with van der Waals surface area (Å²) in [5.41, 5.74) is 2.49. The number of nitrogens with one attached hydrogen (secondary N) is 1. The average molecular weight is 379 g/mol. The summed E-state index contributed by atoms with van der Waals surface area (Å²) in [5, 5.41) is 14.9. The molecule has 1 aliphatic carbocycles. The third-order valence-electron chi connectivity index (χ3n) is 4.63. The van der Waals surface area contributed by atoms with Crippen LogP contribution in [0.2, 0.25) is 0 Å². The number of carbonyl (C=O) groups excluding carboxylic acids is 1. The zero-order valence-corrected chi connectivity index (χ0v) is 15.8. The van der Waals surface area contributed by atoms with Crippen LogP contribution in [0.4, 0.5) is 5.69 Å². The molecule has 1 aliphatic rings. The fourth-order valence-corrected chi connectivity index (χ4v) is 3.03. The van der Waals surface area contributed by atoms with Crippen LogP contribution in [-0.4, -0.2) is 40.3 Å². The number of hydrogen-bond donors (Lipinski definition) is 1. The van der Waals surface area contributed by atoms with Crippen LogP contribution in [-0.2, 0) is 11.2 Å². The molecule has 0 radical (unpaired) electrons.